The van der Waals surface area contributed by atoms with Gasteiger partial charge in [-0.1, -0.05) is 48.0 Å². The van der Waals surface area contributed by atoms with Gasteiger partial charge in [0.15, 0.2) is 0 Å². The van der Waals surface area contributed by atoms with Gasteiger partial charge in [-0.3, -0.25) is 0 Å². The summed E-state index contributed by atoms with van der Waals surface area (Å²) in [5, 5.41) is 0. The summed E-state index contributed by atoms with van der Waals surface area (Å²) in [6, 6.07) is 0. The predicted molar refractivity (Wildman–Crippen MR) is 94.3 cm³/mol. The van der Waals surface area contributed by atoms with Crippen LogP contribution in [0.4, 0.5) is 0 Å². The van der Waals surface area contributed by atoms with Crippen molar-refractivity contribution in [3.63, 3.8) is 0 Å². The summed E-state index contributed by atoms with van der Waals surface area (Å²) in [6.07, 6.45) is 0. The Hall–Kier alpha value is 0.830. The minimum atomic E-state index is 0.442. The summed E-state index contributed by atoms with van der Waals surface area (Å²) in [5.41, 5.74) is 0. The molecule has 0 rings (SSSR count). The number of hydrogen-bond donors (Lipinski definition) is 0. The minimum absolute atomic E-state index is 0.442. The van der Waals surface area contributed by atoms with Gasteiger partial charge in [-0.25, -0.2) is 0 Å². The lowest BCUT2D eigenvalue weighted by Crippen LogP contribution is -2.19. The summed E-state index contributed by atoms with van der Waals surface area (Å²) >= 11 is 15.9. The van der Waals surface area contributed by atoms with E-state index in [2.05, 4.69) is 13.8 Å². The molecule has 0 aliphatic carbocycles. The van der Waals surface area contributed by atoms with E-state index in [1.165, 1.54) is 0 Å². The smallest absolute Gasteiger partial charge is 0.136 e. The first-order valence-corrected chi connectivity index (χ1v) is 8.67. The SMILES string of the molecule is CC(SC(=S)N(C)C)SC(C)SC(=S)N(C)C. The van der Waals surface area contributed by atoms with Crippen molar-refractivity contribution in [2.45, 2.75) is 23.0 Å². The first kappa shape index (κ1) is 17.8. The number of nitrogens with zero attached hydrogens (tertiary/aromatic N) is 2. The molecule has 0 bridgehead atoms. The molecule has 100 valence electrons. The van der Waals surface area contributed by atoms with Gasteiger partial charge < -0.3 is 9.80 Å². The van der Waals surface area contributed by atoms with Crippen LogP contribution in [0.1, 0.15) is 13.8 Å². The first-order valence-electron chi connectivity index (χ1n) is 5.15. The molecule has 0 radical (unpaired) electrons. The largest absolute Gasteiger partial charge is 0.364 e. The second-order valence-electron chi connectivity index (χ2n) is 3.83. The zero-order valence-corrected chi connectivity index (χ0v) is 15.2. The summed E-state index contributed by atoms with van der Waals surface area (Å²) in [4.78, 5) is 3.94. The summed E-state index contributed by atoms with van der Waals surface area (Å²) < 4.78 is 2.74. The quantitative estimate of drug-likeness (QED) is 0.567. The van der Waals surface area contributed by atoms with Crippen LogP contribution in [0.3, 0.4) is 0 Å². The zero-order chi connectivity index (χ0) is 13.6. The van der Waals surface area contributed by atoms with Crippen LogP contribution in [-0.4, -0.2) is 55.8 Å². The second-order valence-corrected chi connectivity index (χ2v) is 10.1. The van der Waals surface area contributed by atoms with Crippen LogP contribution in [0.2, 0.25) is 0 Å². The van der Waals surface area contributed by atoms with Crippen LogP contribution in [0.5, 0.6) is 0 Å². The van der Waals surface area contributed by atoms with Crippen LogP contribution in [0.15, 0.2) is 0 Å². The molecule has 0 aliphatic rings. The van der Waals surface area contributed by atoms with E-state index >= 15 is 0 Å². The van der Waals surface area contributed by atoms with Gasteiger partial charge in [0.2, 0.25) is 0 Å². The maximum Gasteiger partial charge on any atom is 0.136 e. The maximum atomic E-state index is 5.27. The van der Waals surface area contributed by atoms with Crippen LogP contribution in [0, 0.1) is 0 Å². The first-order chi connectivity index (χ1) is 7.73. The molecule has 0 heterocycles. The Balaban J connectivity index is 4.00. The minimum Gasteiger partial charge on any atom is -0.364 e. The van der Waals surface area contributed by atoms with Crippen molar-refractivity contribution in [3.8, 4) is 0 Å². The summed E-state index contributed by atoms with van der Waals surface area (Å²) in [5.74, 6) is 0. The van der Waals surface area contributed by atoms with Crippen molar-refractivity contribution in [2.75, 3.05) is 28.2 Å². The van der Waals surface area contributed by atoms with Gasteiger partial charge in [-0.15, -0.1) is 11.8 Å². The molecule has 2 nitrogen and oxygen atoms in total. The highest BCUT2D eigenvalue weighted by Gasteiger charge is 2.15. The molecule has 0 saturated carbocycles. The highest BCUT2D eigenvalue weighted by molar-refractivity contribution is 8.35. The van der Waals surface area contributed by atoms with Crippen molar-refractivity contribution < 1.29 is 0 Å². The molecule has 0 aromatic rings. The van der Waals surface area contributed by atoms with Gasteiger partial charge in [0.05, 0.1) is 9.16 Å². The topological polar surface area (TPSA) is 6.48 Å². The highest BCUT2D eigenvalue weighted by Crippen LogP contribution is 2.34. The van der Waals surface area contributed by atoms with Crippen molar-refractivity contribution in [2.24, 2.45) is 0 Å². The van der Waals surface area contributed by atoms with E-state index in [1.54, 1.807) is 23.5 Å². The lowest BCUT2D eigenvalue weighted by atomic mass is 10.9. The maximum absolute atomic E-state index is 5.27. The van der Waals surface area contributed by atoms with Gasteiger partial charge in [-0.2, -0.15) is 0 Å². The normalized spacial score (nSPS) is 14.0. The zero-order valence-electron chi connectivity index (χ0n) is 11.1. The molecule has 0 fully saturated rings. The molecule has 0 spiro atoms. The Kier molecular flexibility index (Phi) is 9.28. The Morgan fingerprint density at radius 1 is 0.824 bits per heavy atom. The van der Waals surface area contributed by atoms with Crippen LogP contribution < -0.4 is 0 Å². The predicted octanol–water partition coefficient (Wildman–Crippen LogP) is 3.57. The van der Waals surface area contributed by atoms with Crippen molar-refractivity contribution in [3.05, 3.63) is 0 Å². The fraction of sp³-hybridized carbons (Fsp3) is 0.800. The third-order valence-electron chi connectivity index (χ3n) is 1.65. The van der Waals surface area contributed by atoms with Crippen LogP contribution >= 0.6 is 59.7 Å². The number of thioether (sulfide) groups is 3. The van der Waals surface area contributed by atoms with E-state index < -0.39 is 0 Å². The van der Waals surface area contributed by atoms with Gasteiger partial charge >= 0.3 is 0 Å². The average Bonchev–Trinajstić information content (AvgIpc) is 2.16. The van der Waals surface area contributed by atoms with E-state index in [0.717, 1.165) is 8.64 Å². The fourth-order valence-corrected chi connectivity index (χ4v) is 5.78. The van der Waals surface area contributed by atoms with E-state index in [0.29, 0.717) is 9.16 Å². The summed E-state index contributed by atoms with van der Waals surface area (Å²) in [7, 11) is 7.91. The molecule has 17 heavy (non-hydrogen) atoms. The van der Waals surface area contributed by atoms with Crippen molar-refractivity contribution >= 4 is 68.4 Å². The Morgan fingerprint density at radius 2 is 1.12 bits per heavy atom. The number of hydrogen-bond acceptors (Lipinski definition) is 5. The molecule has 0 aromatic carbocycles. The van der Waals surface area contributed by atoms with Crippen molar-refractivity contribution in [1.82, 2.24) is 9.80 Å². The summed E-state index contributed by atoms with van der Waals surface area (Å²) in [6.45, 7) is 4.36. The molecular weight excluding hydrogens is 308 g/mol. The number of rotatable bonds is 4. The molecule has 0 N–H and O–H groups in total. The Labute approximate surface area is 129 Å². The molecule has 7 heteroatoms. The van der Waals surface area contributed by atoms with Gasteiger partial charge in [0.1, 0.15) is 8.64 Å². The van der Waals surface area contributed by atoms with E-state index in [1.807, 2.05) is 49.8 Å². The molecule has 2 atom stereocenters. The second kappa shape index (κ2) is 8.85. The van der Waals surface area contributed by atoms with E-state index in [4.69, 9.17) is 24.4 Å². The van der Waals surface area contributed by atoms with E-state index in [9.17, 15) is 0 Å². The third kappa shape index (κ3) is 8.53. The Morgan fingerprint density at radius 3 is 1.35 bits per heavy atom. The lowest BCUT2D eigenvalue weighted by Gasteiger charge is -2.21. The van der Waals surface area contributed by atoms with Crippen LogP contribution in [0.25, 0.3) is 0 Å². The fourth-order valence-electron chi connectivity index (χ4n) is 0.820. The molecule has 0 aromatic heterocycles. The number of thiocarbonyl (C=S) groups is 2. The van der Waals surface area contributed by atoms with E-state index in [-0.39, 0.29) is 0 Å². The standard InChI is InChI=1S/C10H20N2S5/c1-7(16-9(13)11(3)4)15-8(2)17-10(14)12(5)6/h7-8H,1-6H3. The molecular formula is C10H20N2S5. The average molecular weight is 329 g/mol. The molecule has 2 unspecified atom stereocenters. The Bertz CT molecular complexity index is 241. The molecule has 0 saturated heterocycles. The van der Waals surface area contributed by atoms with Gasteiger partial charge in [-0.05, 0) is 13.8 Å². The van der Waals surface area contributed by atoms with Crippen molar-refractivity contribution in [1.29, 1.82) is 0 Å². The van der Waals surface area contributed by atoms with Gasteiger partial charge in [0, 0.05) is 28.2 Å². The third-order valence-corrected chi connectivity index (χ3v) is 6.76. The highest BCUT2D eigenvalue weighted by atomic mass is 32.2. The monoisotopic (exact) mass is 328 g/mol. The lowest BCUT2D eigenvalue weighted by molar-refractivity contribution is 0.648. The van der Waals surface area contributed by atoms with Crippen LogP contribution in [-0.2, 0) is 0 Å². The molecule has 0 aliphatic heterocycles. The molecule has 0 amide bonds. The van der Waals surface area contributed by atoms with Gasteiger partial charge in [0.25, 0.3) is 0 Å².